The van der Waals surface area contributed by atoms with Gasteiger partial charge in [0.2, 0.25) is 10.0 Å². The summed E-state index contributed by atoms with van der Waals surface area (Å²) in [4.78, 5) is 25.0. The number of anilines is 1. The van der Waals surface area contributed by atoms with Crippen molar-refractivity contribution in [2.24, 2.45) is 0 Å². The van der Waals surface area contributed by atoms with Crippen molar-refractivity contribution in [1.82, 2.24) is 4.31 Å². The van der Waals surface area contributed by atoms with Gasteiger partial charge in [-0.2, -0.15) is 4.31 Å². The molecular weight excluding hydrogens is 416 g/mol. The Labute approximate surface area is 182 Å². The zero-order valence-electron chi connectivity index (χ0n) is 17.6. The average molecular weight is 443 g/mol. The quantitative estimate of drug-likeness (QED) is 0.733. The number of hydrogen-bond donors (Lipinski definition) is 1. The Balaban J connectivity index is 1.46. The number of nitrogens with zero attached hydrogens (tertiary/aromatic N) is 1. The lowest BCUT2D eigenvalue weighted by molar-refractivity contribution is -0.125. The van der Waals surface area contributed by atoms with Crippen LogP contribution in [0.3, 0.4) is 0 Å². The number of fused-ring (bicyclic) bond motifs is 1. The van der Waals surface area contributed by atoms with Crippen LogP contribution < -0.4 is 5.32 Å². The number of carbonyl (C=O) groups excluding carboxylic acids is 2. The van der Waals surface area contributed by atoms with E-state index in [0.29, 0.717) is 17.7 Å². The van der Waals surface area contributed by atoms with E-state index in [4.69, 9.17) is 4.74 Å². The normalized spacial score (nSPS) is 24.2. The molecule has 2 heterocycles. The zero-order valence-corrected chi connectivity index (χ0v) is 18.4. The lowest BCUT2D eigenvalue weighted by atomic mass is 9.98. The van der Waals surface area contributed by atoms with Crippen LogP contribution in [0, 0.1) is 0 Å². The summed E-state index contributed by atoms with van der Waals surface area (Å²) in [5, 5.41) is 2.71. The number of esters is 1. The summed E-state index contributed by atoms with van der Waals surface area (Å²) in [6.45, 7) is 3.87. The second-order valence-corrected chi connectivity index (χ2v) is 10.1. The molecule has 0 bridgehead atoms. The molecule has 8 heteroatoms. The van der Waals surface area contributed by atoms with Crippen molar-refractivity contribution in [1.29, 1.82) is 0 Å². The van der Waals surface area contributed by atoms with Crippen LogP contribution in [-0.4, -0.2) is 42.8 Å². The fourth-order valence-electron chi connectivity index (χ4n) is 4.40. The first-order valence-corrected chi connectivity index (χ1v) is 11.9. The first kappa shape index (κ1) is 21.5. The molecule has 3 atom stereocenters. The second-order valence-electron chi connectivity index (χ2n) is 8.23. The molecule has 1 N–H and O–H groups in total. The van der Waals surface area contributed by atoms with Crippen molar-refractivity contribution in [3.63, 3.8) is 0 Å². The molecule has 7 nitrogen and oxygen atoms in total. The fourth-order valence-corrected chi connectivity index (χ4v) is 6.29. The minimum atomic E-state index is -3.62. The number of nitrogens with one attached hydrogen (secondary N) is 1. The molecule has 1 saturated heterocycles. The van der Waals surface area contributed by atoms with Gasteiger partial charge in [0.05, 0.1) is 10.5 Å². The van der Waals surface area contributed by atoms with E-state index in [-0.39, 0.29) is 17.0 Å². The second kappa shape index (κ2) is 8.43. The number of amides is 1. The number of rotatable bonds is 4. The smallest absolute Gasteiger partial charge is 0.339 e. The molecule has 0 radical (unpaired) electrons. The summed E-state index contributed by atoms with van der Waals surface area (Å²) in [5.74, 6) is -0.968. The van der Waals surface area contributed by atoms with E-state index < -0.39 is 28.0 Å². The van der Waals surface area contributed by atoms with E-state index in [2.05, 4.69) is 5.32 Å². The van der Waals surface area contributed by atoms with Crippen LogP contribution in [0.2, 0.25) is 0 Å². The van der Waals surface area contributed by atoms with Crippen LogP contribution in [0.4, 0.5) is 5.69 Å². The highest BCUT2D eigenvalue weighted by atomic mass is 32.2. The lowest BCUT2D eigenvalue weighted by Crippen LogP contribution is -2.47. The molecule has 0 aliphatic carbocycles. The van der Waals surface area contributed by atoms with E-state index in [1.165, 1.54) is 12.1 Å². The molecule has 3 unspecified atom stereocenters. The van der Waals surface area contributed by atoms with Gasteiger partial charge in [-0.15, -0.1) is 0 Å². The average Bonchev–Trinajstić information content (AvgIpc) is 2.74. The van der Waals surface area contributed by atoms with Gasteiger partial charge in [-0.05, 0) is 62.6 Å². The maximum Gasteiger partial charge on any atom is 0.339 e. The number of sulfonamides is 1. The van der Waals surface area contributed by atoms with Crippen LogP contribution in [-0.2, 0) is 26.0 Å². The molecule has 4 rings (SSSR count). The van der Waals surface area contributed by atoms with Gasteiger partial charge < -0.3 is 10.1 Å². The maximum absolute atomic E-state index is 13.1. The minimum Gasteiger partial charge on any atom is -0.448 e. The molecule has 31 heavy (non-hydrogen) atoms. The van der Waals surface area contributed by atoms with Crippen LogP contribution in [0.1, 0.15) is 49.0 Å². The fraction of sp³-hybridized carbons (Fsp3) is 0.391. The number of cyclic esters (lactones) is 1. The van der Waals surface area contributed by atoms with E-state index in [1.54, 1.807) is 34.6 Å². The van der Waals surface area contributed by atoms with Gasteiger partial charge in [0.25, 0.3) is 5.91 Å². The molecule has 0 saturated carbocycles. The van der Waals surface area contributed by atoms with Crippen molar-refractivity contribution in [3.05, 3.63) is 59.7 Å². The topological polar surface area (TPSA) is 92.8 Å². The summed E-state index contributed by atoms with van der Waals surface area (Å²) in [6, 6.07) is 13.1. The predicted molar refractivity (Wildman–Crippen MR) is 116 cm³/mol. The predicted octanol–water partition coefficient (Wildman–Crippen LogP) is 3.36. The Hall–Kier alpha value is -2.71. The van der Waals surface area contributed by atoms with Gasteiger partial charge in [-0.3, -0.25) is 4.79 Å². The molecule has 164 valence electrons. The first-order chi connectivity index (χ1) is 14.8. The van der Waals surface area contributed by atoms with Crippen molar-refractivity contribution in [2.75, 3.05) is 5.32 Å². The Morgan fingerprint density at radius 3 is 2.35 bits per heavy atom. The van der Waals surface area contributed by atoms with Gasteiger partial charge in [-0.25, -0.2) is 13.2 Å². The Morgan fingerprint density at radius 2 is 1.68 bits per heavy atom. The van der Waals surface area contributed by atoms with Gasteiger partial charge in [0, 0.05) is 24.2 Å². The van der Waals surface area contributed by atoms with Gasteiger partial charge >= 0.3 is 5.97 Å². The third kappa shape index (κ3) is 4.22. The third-order valence-corrected chi connectivity index (χ3v) is 8.14. The van der Waals surface area contributed by atoms with E-state index in [9.17, 15) is 18.0 Å². The van der Waals surface area contributed by atoms with Crippen LogP contribution in [0.5, 0.6) is 0 Å². The Kier molecular flexibility index (Phi) is 5.85. The number of carbonyl (C=O) groups is 2. The molecule has 2 aliphatic heterocycles. The SMILES string of the molecule is CC1CCCC(C)N1S(=O)(=O)c1ccc(NC(=O)C2Cc3ccccc3C(=O)O2)cc1. The number of piperidine rings is 1. The molecular formula is C23H26N2O5S. The summed E-state index contributed by atoms with van der Waals surface area (Å²) < 4.78 is 33.1. The molecule has 2 aromatic rings. The zero-order chi connectivity index (χ0) is 22.2. The molecule has 0 spiro atoms. The van der Waals surface area contributed by atoms with Gasteiger partial charge in [-0.1, -0.05) is 24.6 Å². The van der Waals surface area contributed by atoms with Crippen LogP contribution in [0.25, 0.3) is 0 Å². The Bertz CT molecular complexity index is 1090. The van der Waals surface area contributed by atoms with Gasteiger partial charge in [0.1, 0.15) is 0 Å². The molecule has 1 fully saturated rings. The van der Waals surface area contributed by atoms with Crippen LogP contribution >= 0.6 is 0 Å². The van der Waals surface area contributed by atoms with Crippen molar-refractivity contribution in [3.8, 4) is 0 Å². The van der Waals surface area contributed by atoms with Crippen molar-refractivity contribution in [2.45, 2.75) is 62.6 Å². The summed E-state index contributed by atoms with van der Waals surface area (Å²) >= 11 is 0. The van der Waals surface area contributed by atoms with Crippen LogP contribution in [0.15, 0.2) is 53.4 Å². The largest absolute Gasteiger partial charge is 0.448 e. The molecule has 2 aliphatic rings. The number of ether oxygens (including phenoxy) is 1. The molecule has 2 aromatic carbocycles. The highest BCUT2D eigenvalue weighted by Crippen LogP contribution is 2.30. The summed E-state index contributed by atoms with van der Waals surface area (Å²) in [6.07, 6.45) is 2.09. The Morgan fingerprint density at radius 1 is 1.03 bits per heavy atom. The lowest BCUT2D eigenvalue weighted by Gasteiger charge is -2.37. The van der Waals surface area contributed by atoms with E-state index in [1.807, 2.05) is 19.9 Å². The van der Waals surface area contributed by atoms with E-state index in [0.717, 1.165) is 24.8 Å². The van der Waals surface area contributed by atoms with Crippen molar-refractivity contribution < 1.29 is 22.7 Å². The number of benzene rings is 2. The van der Waals surface area contributed by atoms with Gasteiger partial charge in [0.15, 0.2) is 6.10 Å². The third-order valence-electron chi connectivity index (χ3n) is 5.99. The summed E-state index contributed by atoms with van der Waals surface area (Å²) in [7, 11) is -3.62. The monoisotopic (exact) mass is 442 g/mol. The first-order valence-electron chi connectivity index (χ1n) is 10.5. The highest BCUT2D eigenvalue weighted by Gasteiger charge is 2.36. The standard InChI is InChI=1S/C23H26N2O5S/c1-15-6-5-7-16(2)25(15)31(28,29)19-12-10-18(11-13-19)24-22(26)21-14-17-8-3-4-9-20(17)23(27)30-21/h3-4,8-13,15-16,21H,5-7,14H2,1-2H3,(H,24,26). The highest BCUT2D eigenvalue weighted by molar-refractivity contribution is 7.89. The minimum absolute atomic E-state index is 0.0444. The summed E-state index contributed by atoms with van der Waals surface area (Å²) in [5.41, 5.74) is 1.69. The molecule has 1 amide bonds. The maximum atomic E-state index is 13.1. The molecule has 0 aromatic heterocycles. The van der Waals surface area contributed by atoms with E-state index >= 15 is 0 Å². The number of hydrogen-bond acceptors (Lipinski definition) is 5. The van der Waals surface area contributed by atoms with Crippen molar-refractivity contribution >= 4 is 27.6 Å².